The lowest BCUT2D eigenvalue weighted by atomic mass is 9.91. The number of β-amino-alcohol motifs (C(OH)–C–C–N with tert-alkyl or cyclic N) is 1. The number of hydrogen-bond donors (Lipinski definition) is 3. The van der Waals surface area contributed by atoms with Gasteiger partial charge in [-0.15, -0.1) is 16.8 Å². The van der Waals surface area contributed by atoms with Gasteiger partial charge in [-0.2, -0.15) is 0 Å². The molecular weight excluding hydrogens is 508 g/mol. The van der Waals surface area contributed by atoms with Crippen LogP contribution in [-0.2, 0) is 24.0 Å². The molecule has 3 N–H and O–H groups in total. The van der Waals surface area contributed by atoms with Crippen LogP contribution in [0.2, 0.25) is 0 Å². The van der Waals surface area contributed by atoms with E-state index in [0.717, 1.165) is 21.7 Å². The number of nitrogens with one attached hydrogen (secondary N) is 2. The zero-order valence-corrected chi connectivity index (χ0v) is 22.7. The van der Waals surface area contributed by atoms with Gasteiger partial charge in [0.2, 0.25) is 11.8 Å². The van der Waals surface area contributed by atoms with Crippen LogP contribution in [0.25, 0.3) is 10.4 Å². The van der Waals surface area contributed by atoms with Crippen molar-refractivity contribution in [3.63, 3.8) is 0 Å². The summed E-state index contributed by atoms with van der Waals surface area (Å²) in [4.78, 5) is 50.0. The molecule has 2 aromatic rings. The molecule has 10 nitrogen and oxygen atoms in total. The molecule has 0 radical (unpaired) electrons. The fourth-order valence-corrected chi connectivity index (χ4v) is 5.66. The summed E-state index contributed by atoms with van der Waals surface area (Å²) in [7, 11) is 0. The summed E-state index contributed by atoms with van der Waals surface area (Å²) in [5.74, 6) is -1.10. The van der Waals surface area contributed by atoms with Gasteiger partial charge in [0.05, 0.1) is 28.2 Å². The number of likely N-dealkylation sites (tertiary alicyclic amines) is 1. The van der Waals surface area contributed by atoms with Crippen LogP contribution in [0.1, 0.15) is 44.5 Å². The van der Waals surface area contributed by atoms with E-state index in [2.05, 4.69) is 15.8 Å². The van der Waals surface area contributed by atoms with Crippen molar-refractivity contribution < 1.29 is 29.1 Å². The van der Waals surface area contributed by atoms with Crippen LogP contribution in [-0.4, -0.2) is 64.6 Å². The molecule has 2 aliphatic heterocycles. The predicted octanol–water partition coefficient (Wildman–Crippen LogP) is 2.49. The number of benzene rings is 1. The van der Waals surface area contributed by atoms with Gasteiger partial charge in [-0.3, -0.25) is 9.59 Å². The first-order valence-corrected chi connectivity index (χ1v) is 13.6. The number of nitrogens with zero attached hydrogens (tertiary/aromatic N) is 2. The Labute approximate surface area is 226 Å². The number of aromatic nitrogens is 1. The van der Waals surface area contributed by atoms with Crippen LogP contribution >= 0.6 is 11.3 Å². The number of thiazole rings is 1. The van der Waals surface area contributed by atoms with Crippen molar-refractivity contribution >= 4 is 29.4 Å². The molecule has 2 aliphatic rings. The molecule has 0 bridgehead atoms. The lowest BCUT2D eigenvalue weighted by molar-refractivity contribution is -0.143. The van der Waals surface area contributed by atoms with Crippen LogP contribution < -0.4 is 10.8 Å². The number of ether oxygens (including phenoxy) is 1. The normalized spacial score (nSPS) is 22.6. The van der Waals surface area contributed by atoms with E-state index >= 15 is 0 Å². The van der Waals surface area contributed by atoms with E-state index in [1.54, 1.807) is 17.4 Å². The van der Waals surface area contributed by atoms with Crippen molar-refractivity contribution in [1.82, 2.24) is 20.7 Å². The van der Waals surface area contributed by atoms with E-state index < -0.39 is 24.3 Å². The predicted molar refractivity (Wildman–Crippen MR) is 141 cm³/mol. The summed E-state index contributed by atoms with van der Waals surface area (Å²) in [6, 6.07) is 6.86. The Hall–Kier alpha value is -3.12. The third-order valence-electron chi connectivity index (χ3n) is 6.83. The number of carbonyl (C=O) groups is 3. The summed E-state index contributed by atoms with van der Waals surface area (Å²) in [6.07, 6.45) is 0.944. The summed E-state index contributed by atoms with van der Waals surface area (Å²) >= 11 is 1.58. The molecule has 1 unspecified atom stereocenters. The molecule has 11 heteroatoms. The Morgan fingerprint density at radius 3 is 2.68 bits per heavy atom. The number of aldehydes is 1. The first-order chi connectivity index (χ1) is 18.2. The molecule has 0 aliphatic carbocycles. The summed E-state index contributed by atoms with van der Waals surface area (Å²) in [5.41, 5.74) is 7.44. The van der Waals surface area contributed by atoms with Crippen LogP contribution in [0.5, 0.6) is 0 Å². The number of aliphatic hydroxyl groups is 1. The molecule has 0 saturated carbocycles. The maximum Gasteiger partial charge on any atom is 0.243 e. The summed E-state index contributed by atoms with van der Waals surface area (Å²) in [5, 5.41) is 13.4. The van der Waals surface area contributed by atoms with Gasteiger partial charge in [-0.25, -0.2) is 4.98 Å². The third kappa shape index (κ3) is 6.12. The van der Waals surface area contributed by atoms with Crippen LogP contribution in [0.3, 0.4) is 0 Å². The highest BCUT2D eigenvalue weighted by atomic mass is 32.1. The number of hydroxylamine groups is 1. The maximum absolute atomic E-state index is 13.7. The first kappa shape index (κ1) is 27.9. The second-order valence-corrected chi connectivity index (χ2v) is 10.8. The SMILES string of the molecule is Cc1ncsc1-c1ccc([C@H](C)NC(=O)[C@@H]2C[C@@H](O)CN2C(=O)[C@@H](C2=CC(OCC=O)NO2)C(C)C)cc1. The van der Waals surface area contributed by atoms with Gasteiger partial charge in [-0.05, 0) is 30.9 Å². The quantitative estimate of drug-likeness (QED) is 0.391. The van der Waals surface area contributed by atoms with Crippen LogP contribution in [0, 0.1) is 18.8 Å². The molecule has 1 aromatic carbocycles. The molecule has 4 rings (SSSR count). The molecule has 1 fully saturated rings. The van der Waals surface area contributed by atoms with E-state index in [9.17, 15) is 19.5 Å². The lowest BCUT2D eigenvalue weighted by Gasteiger charge is -2.30. The molecule has 0 spiro atoms. The van der Waals surface area contributed by atoms with Gasteiger partial charge in [0.1, 0.15) is 30.6 Å². The van der Waals surface area contributed by atoms with Crippen molar-refractivity contribution in [2.75, 3.05) is 13.2 Å². The van der Waals surface area contributed by atoms with E-state index in [0.29, 0.717) is 12.0 Å². The highest BCUT2D eigenvalue weighted by Crippen LogP contribution is 2.31. The first-order valence-electron chi connectivity index (χ1n) is 12.7. The van der Waals surface area contributed by atoms with Crippen molar-refractivity contribution in [2.45, 2.75) is 58.5 Å². The minimum atomic E-state index is -0.808. The van der Waals surface area contributed by atoms with Gasteiger partial charge in [0.25, 0.3) is 0 Å². The molecule has 5 atom stereocenters. The van der Waals surface area contributed by atoms with E-state index in [-0.39, 0.29) is 43.3 Å². The topological polar surface area (TPSA) is 130 Å². The highest BCUT2D eigenvalue weighted by Gasteiger charge is 2.44. The van der Waals surface area contributed by atoms with Gasteiger partial charge in [0, 0.05) is 19.0 Å². The van der Waals surface area contributed by atoms with Crippen molar-refractivity contribution in [3.05, 3.63) is 52.9 Å². The van der Waals surface area contributed by atoms with Gasteiger partial charge in [0.15, 0.2) is 6.23 Å². The smallest absolute Gasteiger partial charge is 0.243 e. The average molecular weight is 543 g/mol. The Bertz CT molecular complexity index is 1180. The number of aliphatic hydroxyl groups excluding tert-OH is 1. The molecule has 38 heavy (non-hydrogen) atoms. The summed E-state index contributed by atoms with van der Waals surface area (Å²) in [6.45, 7) is 7.57. The lowest BCUT2D eigenvalue weighted by Crippen LogP contribution is -2.49. The number of aryl methyl sites for hydroxylation is 1. The standard InChI is InChI=1S/C27H34N4O6S/c1-15(2)24(22-12-23(30-37-22)36-10-9-32)27(35)31-13-20(33)11-21(31)26(34)29-16(3)18-5-7-19(8-6-18)25-17(4)28-14-38-25/h5-9,12,14-16,20-21,23-24,30,33H,10-11,13H2,1-4H3,(H,29,34)/t16-,20+,21-,23?,24+/m0/s1. The van der Waals surface area contributed by atoms with Crippen LogP contribution in [0.4, 0.5) is 0 Å². The van der Waals surface area contributed by atoms with Crippen LogP contribution in [0.15, 0.2) is 41.6 Å². The third-order valence-corrected chi connectivity index (χ3v) is 7.81. The fourth-order valence-electron chi connectivity index (χ4n) is 4.85. The van der Waals surface area contributed by atoms with Crippen molar-refractivity contribution in [1.29, 1.82) is 0 Å². The molecule has 1 aromatic heterocycles. The Kier molecular flexibility index (Phi) is 8.93. The Morgan fingerprint density at radius 1 is 1.32 bits per heavy atom. The molecule has 1 saturated heterocycles. The number of hydrogen-bond acceptors (Lipinski definition) is 9. The monoisotopic (exact) mass is 542 g/mol. The zero-order valence-electron chi connectivity index (χ0n) is 21.9. The van der Waals surface area contributed by atoms with Gasteiger partial charge >= 0.3 is 0 Å². The van der Waals surface area contributed by atoms with E-state index in [1.807, 2.05) is 57.5 Å². The number of carbonyl (C=O) groups excluding carboxylic acids is 3. The second-order valence-electron chi connectivity index (χ2n) is 9.95. The number of amides is 2. The molecule has 3 heterocycles. The largest absolute Gasteiger partial charge is 0.410 e. The molecular formula is C27H34N4O6S. The minimum absolute atomic E-state index is 0.0587. The Morgan fingerprint density at radius 2 is 2.05 bits per heavy atom. The Balaban J connectivity index is 1.45. The molecule has 204 valence electrons. The highest BCUT2D eigenvalue weighted by molar-refractivity contribution is 7.13. The van der Waals surface area contributed by atoms with Crippen molar-refractivity contribution in [3.8, 4) is 10.4 Å². The maximum atomic E-state index is 13.7. The van der Waals surface area contributed by atoms with E-state index in [4.69, 9.17) is 9.57 Å². The van der Waals surface area contributed by atoms with E-state index in [1.165, 1.54) is 4.90 Å². The summed E-state index contributed by atoms with van der Waals surface area (Å²) < 4.78 is 5.30. The molecule has 2 amide bonds. The minimum Gasteiger partial charge on any atom is -0.410 e. The zero-order chi connectivity index (χ0) is 27.4. The fraction of sp³-hybridized carbons (Fsp3) is 0.481. The van der Waals surface area contributed by atoms with Gasteiger partial charge < -0.3 is 29.7 Å². The van der Waals surface area contributed by atoms with Crippen molar-refractivity contribution in [2.24, 2.45) is 11.8 Å². The van der Waals surface area contributed by atoms with Gasteiger partial charge in [-0.1, -0.05) is 38.1 Å². The average Bonchev–Trinajstić information content (AvgIpc) is 3.62. The number of rotatable bonds is 10. The second kappa shape index (κ2) is 12.2.